The van der Waals surface area contributed by atoms with Gasteiger partial charge in [0.2, 0.25) is 0 Å². The van der Waals surface area contributed by atoms with Gasteiger partial charge in [0, 0.05) is 21.1 Å². The fourth-order valence-electron chi connectivity index (χ4n) is 2.77. The van der Waals surface area contributed by atoms with Crippen LogP contribution in [-0.4, -0.2) is 22.2 Å². The fraction of sp³-hybridized carbons (Fsp3) is 0.273. The summed E-state index contributed by atoms with van der Waals surface area (Å²) in [5.74, 6) is -1.50. The Kier molecular flexibility index (Phi) is 7.10. The van der Waals surface area contributed by atoms with Crippen LogP contribution in [0.1, 0.15) is 29.5 Å². The molecule has 1 atom stereocenters. The number of hydrogen-bond donors (Lipinski definition) is 1. The average molecular weight is 450 g/mol. The van der Waals surface area contributed by atoms with E-state index in [4.69, 9.17) is 9.84 Å². The minimum atomic E-state index is -0.979. The number of carbonyl (C=O) groups is 1. The predicted octanol–water partition coefficient (Wildman–Crippen LogP) is 6.24. The summed E-state index contributed by atoms with van der Waals surface area (Å²) in [7, 11) is 0. The Morgan fingerprint density at radius 2 is 1.97 bits per heavy atom. The van der Waals surface area contributed by atoms with E-state index < -0.39 is 23.7 Å². The first-order valence-electron chi connectivity index (χ1n) is 9.33. The van der Waals surface area contributed by atoms with Gasteiger partial charge in [-0.25, -0.2) is 18.6 Å². The lowest BCUT2D eigenvalue weighted by Gasteiger charge is -2.15. The maximum absolute atomic E-state index is 13.5. The number of aryl methyl sites for hydroxylation is 2. The number of aliphatic carboxylic acids is 1. The van der Waals surface area contributed by atoms with E-state index >= 15 is 0 Å². The smallest absolute Gasteiger partial charge is 0.344 e. The number of hydrogen-bond acceptors (Lipinski definition) is 5. The minimum absolute atomic E-state index is 0.385. The Morgan fingerprint density at radius 1 is 1.20 bits per heavy atom. The first kappa shape index (κ1) is 22.2. The second-order valence-corrected chi connectivity index (χ2v) is 8.86. The Labute approximate surface area is 181 Å². The standard InChI is InChI=1S/C22H21F2NO3S2/c1-4-18(22(26)27)28-19-8-6-15(9-12(19)2)29-11-20-13(3)25-21(30-20)14-5-7-16(23)17(24)10-14/h5-10,18H,4,11H2,1-3H3,(H,26,27). The second kappa shape index (κ2) is 9.57. The second-order valence-electron chi connectivity index (χ2n) is 6.73. The molecule has 3 aromatic rings. The van der Waals surface area contributed by atoms with E-state index in [0.717, 1.165) is 33.2 Å². The van der Waals surface area contributed by atoms with Gasteiger partial charge >= 0.3 is 5.97 Å². The van der Waals surface area contributed by atoms with Crippen LogP contribution in [0.5, 0.6) is 5.75 Å². The van der Waals surface area contributed by atoms with Gasteiger partial charge in [-0.05, 0) is 62.2 Å². The molecule has 0 bridgehead atoms. The topological polar surface area (TPSA) is 59.4 Å². The molecule has 0 saturated heterocycles. The summed E-state index contributed by atoms with van der Waals surface area (Å²) in [6.07, 6.45) is -0.479. The highest BCUT2D eigenvalue weighted by atomic mass is 32.2. The molecule has 1 heterocycles. The van der Waals surface area contributed by atoms with Crippen molar-refractivity contribution in [3.63, 3.8) is 0 Å². The summed E-state index contributed by atoms with van der Waals surface area (Å²) < 4.78 is 32.3. The van der Waals surface area contributed by atoms with E-state index in [1.54, 1.807) is 24.8 Å². The van der Waals surface area contributed by atoms with Crippen LogP contribution < -0.4 is 4.74 Å². The van der Waals surface area contributed by atoms with E-state index in [-0.39, 0.29) is 0 Å². The van der Waals surface area contributed by atoms with Crippen LogP contribution in [-0.2, 0) is 10.5 Å². The van der Waals surface area contributed by atoms with Crippen molar-refractivity contribution < 1.29 is 23.4 Å². The van der Waals surface area contributed by atoms with Crippen LogP contribution in [0.4, 0.5) is 8.78 Å². The lowest BCUT2D eigenvalue weighted by Crippen LogP contribution is -2.26. The molecule has 0 fully saturated rings. The highest BCUT2D eigenvalue weighted by Gasteiger charge is 2.18. The molecule has 0 aliphatic heterocycles. The Bertz CT molecular complexity index is 1070. The van der Waals surface area contributed by atoms with Crippen LogP contribution in [0.2, 0.25) is 0 Å². The highest BCUT2D eigenvalue weighted by Crippen LogP contribution is 2.34. The van der Waals surface area contributed by atoms with Gasteiger partial charge in [-0.15, -0.1) is 23.1 Å². The molecule has 2 aromatic carbocycles. The van der Waals surface area contributed by atoms with Crippen molar-refractivity contribution in [2.45, 2.75) is 43.9 Å². The summed E-state index contributed by atoms with van der Waals surface area (Å²) in [6, 6.07) is 9.43. The number of nitrogens with zero attached hydrogens (tertiary/aromatic N) is 1. The summed E-state index contributed by atoms with van der Waals surface area (Å²) in [4.78, 5) is 17.7. The number of rotatable bonds is 8. The molecule has 0 aliphatic rings. The molecule has 30 heavy (non-hydrogen) atoms. The van der Waals surface area contributed by atoms with Gasteiger partial charge in [0.25, 0.3) is 0 Å². The van der Waals surface area contributed by atoms with Gasteiger partial charge in [0.05, 0.1) is 5.69 Å². The monoisotopic (exact) mass is 449 g/mol. The van der Waals surface area contributed by atoms with Crippen molar-refractivity contribution in [2.24, 2.45) is 0 Å². The van der Waals surface area contributed by atoms with Crippen molar-refractivity contribution in [2.75, 3.05) is 0 Å². The number of benzene rings is 2. The van der Waals surface area contributed by atoms with Crippen LogP contribution in [0.25, 0.3) is 10.6 Å². The molecule has 4 nitrogen and oxygen atoms in total. The number of carboxylic acids is 1. The highest BCUT2D eigenvalue weighted by molar-refractivity contribution is 7.98. The number of ether oxygens (including phenoxy) is 1. The molecule has 0 saturated carbocycles. The first-order valence-corrected chi connectivity index (χ1v) is 11.1. The third kappa shape index (κ3) is 5.17. The summed E-state index contributed by atoms with van der Waals surface area (Å²) >= 11 is 3.08. The Hall–Kier alpha value is -2.45. The quantitative estimate of drug-likeness (QED) is 0.413. The molecule has 0 spiro atoms. The van der Waals surface area contributed by atoms with Crippen molar-refractivity contribution in [3.8, 4) is 16.3 Å². The molecule has 0 radical (unpaired) electrons. The van der Waals surface area contributed by atoms with Crippen molar-refractivity contribution in [1.82, 2.24) is 4.98 Å². The molecule has 3 rings (SSSR count). The van der Waals surface area contributed by atoms with Gasteiger partial charge < -0.3 is 9.84 Å². The number of thiazole rings is 1. The first-order chi connectivity index (χ1) is 14.3. The number of carboxylic acid groups (broad SMARTS) is 1. The molecule has 158 valence electrons. The summed E-state index contributed by atoms with van der Waals surface area (Å²) in [5, 5.41) is 9.81. The maximum atomic E-state index is 13.5. The third-order valence-electron chi connectivity index (χ3n) is 4.49. The van der Waals surface area contributed by atoms with Crippen molar-refractivity contribution in [3.05, 3.63) is 64.2 Å². The van der Waals surface area contributed by atoms with Crippen LogP contribution in [0, 0.1) is 25.5 Å². The zero-order chi connectivity index (χ0) is 21.8. The molecule has 0 amide bonds. The number of halogens is 2. The molecule has 0 aliphatic carbocycles. The van der Waals surface area contributed by atoms with Gasteiger partial charge in [-0.2, -0.15) is 0 Å². The van der Waals surface area contributed by atoms with Crippen molar-refractivity contribution >= 4 is 29.1 Å². The Morgan fingerprint density at radius 3 is 2.60 bits per heavy atom. The summed E-state index contributed by atoms with van der Waals surface area (Å²) in [5.41, 5.74) is 2.28. The number of thioether (sulfide) groups is 1. The lowest BCUT2D eigenvalue weighted by atomic mass is 10.2. The van der Waals surface area contributed by atoms with Gasteiger partial charge in [-0.1, -0.05) is 6.92 Å². The summed E-state index contributed by atoms with van der Waals surface area (Å²) in [6.45, 7) is 5.55. The molecule has 1 unspecified atom stereocenters. The predicted molar refractivity (Wildman–Crippen MR) is 115 cm³/mol. The zero-order valence-electron chi connectivity index (χ0n) is 16.7. The van der Waals surface area contributed by atoms with Crippen LogP contribution >= 0.6 is 23.1 Å². The zero-order valence-corrected chi connectivity index (χ0v) is 18.4. The van der Waals surface area contributed by atoms with Crippen molar-refractivity contribution in [1.29, 1.82) is 0 Å². The SMILES string of the molecule is CCC(Oc1ccc(SCc2sc(-c3ccc(F)c(F)c3)nc2C)cc1C)C(=O)O. The average Bonchev–Trinajstić information content (AvgIpc) is 3.08. The fourth-order valence-corrected chi connectivity index (χ4v) is 4.97. The van der Waals surface area contributed by atoms with Crippen LogP contribution in [0.15, 0.2) is 41.3 Å². The normalized spacial score (nSPS) is 12.0. The van der Waals surface area contributed by atoms with E-state index in [1.807, 2.05) is 26.0 Å². The Balaban J connectivity index is 1.70. The van der Waals surface area contributed by atoms with E-state index in [2.05, 4.69) is 4.98 Å². The maximum Gasteiger partial charge on any atom is 0.344 e. The van der Waals surface area contributed by atoms with E-state index in [9.17, 15) is 13.6 Å². The molecule has 8 heteroatoms. The van der Waals surface area contributed by atoms with Gasteiger partial charge in [0.1, 0.15) is 10.8 Å². The molecule has 1 aromatic heterocycles. The van der Waals surface area contributed by atoms with Crippen LogP contribution in [0.3, 0.4) is 0 Å². The minimum Gasteiger partial charge on any atom is -0.479 e. The molecular weight excluding hydrogens is 428 g/mol. The van der Waals surface area contributed by atoms with Gasteiger partial charge in [0.15, 0.2) is 17.7 Å². The third-order valence-corrected chi connectivity index (χ3v) is 6.90. The molecular formula is C22H21F2NO3S2. The number of aromatic nitrogens is 1. The van der Waals surface area contributed by atoms with Gasteiger partial charge in [-0.3, -0.25) is 0 Å². The largest absolute Gasteiger partial charge is 0.479 e. The van der Waals surface area contributed by atoms with E-state index in [1.165, 1.54) is 17.4 Å². The lowest BCUT2D eigenvalue weighted by molar-refractivity contribution is -0.145. The van der Waals surface area contributed by atoms with E-state index in [0.29, 0.717) is 28.5 Å². The molecule has 1 N–H and O–H groups in total.